The molecule has 0 spiro atoms. The molecule has 0 radical (unpaired) electrons. The SMILES string of the molecule is CC(Nc1ccc(C(=O)NC2CCOCC2)nn1)c1cccc2ccccc12. The molecule has 2 heterocycles. The largest absolute Gasteiger partial charge is 0.381 e. The monoisotopic (exact) mass is 376 g/mol. The number of fused-ring (bicyclic) bond motifs is 1. The summed E-state index contributed by atoms with van der Waals surface area (Å²) in [6.07, 6.45) is 1.67. The number of benzene rings is 2. The van der Waals surface area contributed by atoms with Crippen LogP contribution in [0.15, 0.2) is 54.6 Å². The number of anilines is 1. The molecule has 1 saturated heterocycles. The van der Waals surface area contributed by atoms with E-state index in [9.17, 15) is 4.79 Å². The fraction of sp³-hybridized carbons (Fsp3) is 0.318. The van der Waals surface area contributed by atoms with Crippen molar-refractivity contribution in [3.63, 3.8) is 0 Å². The summed E-state index contributed by atoms with van der Waals surface area (Å²) in [6.45, 7) is 3.46. The van der Waals surface area contributed by atoms with Crippen molar-refractivity contribution in [2.45, 2.75) is 31.8 Å². The van der Waals surface area contributed by atoms with Crippen molar-refractivity contribution in [2.75, 3.05) is 18.5 Å². The molecule has 1 atom stereocenters. The first-order chi connectivity index (χ1) is 13.7. The van der Waals surface area contributed by atoms with E-state index in [4.69, 9.17) is 4.74 Å². The van der Waals surface area contributed by atoms with Gasteiger partial charge in [-0.15, -0.1) is 10.2 Å². The van der Waals surface area contributed by atoms with Crippen LogP contribution in [0.5, 0.6) is 0 Å². The van der Waals surface area contributed by atoms with Gasteiger partial charge in [-0.1, -0.05) is 42.5 Å². The molecule has 1 aliphatic rings. The molecule has 1 aliphatic heterocycles. The van der Waals surface area contributed by atoms with Gasteiger partial charge in [0.15, 0.2) is 5.69 Å². The van der Waals surface area contributed by atoms with Crippen LogP contribution in [0.4, 0.5) is 5.82 Å². The van der Waals surface area contributed by atoms with Gasteiger partial charge < -0.3 is 15.4 Å². The Hall–Kier alpha value is -2.99. The Morgan fingerprint density at radius 2 is 1.82 bits per heavy atom. The van der Waals surface area contributed by atoms with Crippen molar-refractivity contribution in [1.29, 1.82) is 0 Å². The number of amides is 1. The van der Waals surface area contributed by atoms with Crippen molar-refractivity contribution >= 4 is 22.5 Å². The summed E-state index contributed by atoms with van der Waals surface area (Å²) < 4.78 is 5.32. The number of carbonyl (C=O) groups excluding carboxylic acids is 1. The third kappa shape index (κ3) is 4.12. The minimum Gasteiger partial charge on any atom is -0.381 e. The summed E-state index contributed by atoms with van der Waals surface area (Å²) in [5, 5.41) is 17.1. The van der Waals surface area contributed by atoms with Gasteiger partial charge in [0.2, 0.25) is 0 Å². The normalized spacial score (nSPS) is 15.9. The molecule has 144 valence electrons. The second-order valence-corrected chi connectivity index (χ2v) is 7.10. The molecule has 6 nitrogen and oxygen atoms in total. The van der Waals surface area contributed by atoms with E-state index >= 15 is 0 Å². The molecular formula is C22H24N4O2. The van der Waals surface area contributed by atoms with Crippen LogP contribution in [0.1, 0.15) is 41.9 Å². The fourth-order valence-electron chi connectivity index (χ4n) is 3.56. The predicted molar refractivity (Wildman–Crippen MR) is 109 cm³/mol. The Bertz CT molecular complexity index is 947. The van der Waals surface area contributed by atoms with Gasteiger partial charge in [0, 0.05) is 19.3 Å². The maximum absolute atomic E-state index is 12.3. The number of hydrogen-bond donors (Lipinski definition) is 2. The highest BCUT2D eigenvalue weighted by molar-refractivity contribution is 5.92. The molecule has 0 saturated carbocycles. The minimum absolute atomic E-state index is 0.0577. The van der Waals surface area contributed by atoms with Crippen LogP contribution in [0, 0.1) is 0 Å². The van der Waals surface area contributed by atoms with E-state index in [-0.39, 0.29) is 18.0 Å². The standard InChI is InChI=1S/C22H24N4O2/c1-15(18-8-4-6-16-5-2-3-7-19(16)18)23-21-10-9-20(25-26-21)22(27)24-17-11-13-28-14-12-17/h2-10,15,17H,11-14H2,1H3,(H,23,26)(H,24,27). The summed E-state index contributed by atoms with van der Waals surface area (Å²) in [4.78, 5) is 12.3. The van der Waals surface area contributed by atoms with Crippen molar-refractivity contribution in [1.82, 2.24) is 15.5 Å². The summed E-state index contributed by atoms with van der Waals surface area (Å²) in [6, 6.07) is 18.3. The first-order valence-corrected chi connectivity index (χ1v) is 9.67. The van der Waals surface area contributed by atoms with Crippen LogP contribution in [-0.4, -0.2) is 35.4 Å². The second kappa shape index (κ2) is 8.35. The Morgan fingerprint density at radius 3 is 2.61 bits per heavy atom. The molecule has 6 heteroatoms. The molecule has 1 aromatic heterocycles. The molecular weight excluding hydrogens is 352 g/mol. The lowest BCUT2D eigenvalue weighted by Crippen LogP contribution is -2.39. The van der Waals surface area contributed by atoms with Gasteiger partial charge >= 0.3 is 0 Å². The lowest BCUT2D eigenvalue weighted by Gasteiger charge is -2.22. The predicted octanol–water partition coefficient (Wildman–Crippen LogP) is 3.71. The number of carbonyl (C=O) groups is 1. The molecule has 2 aromatic carbocycles. The molecule has 0 aliphatic carbocycles. The van der Waals surface area contributed by atoms with Gasteiger partial charge in [0.05, 0.1) is 6.04 Å². The molecule has 0 bridgehead atoms. The number of nitrogens with one attached hydrogen (secondary N) is 2. The smallest absolute Gasteiger partial charge is 0.272 e. The zero-order valence-electron chi connectivity index (χ0n) is 15.9. The maximum Gasteiger partial charge on any atom is 0.272 e. The zero-order valence-corrected chi connectivity index (χ0v) is 15.9. The van der Waals surface area contributed by atoms with E-state index < -0.39 is 0 Å². The average molecular weight is 376 g/mol. The van der Waals surface area contributed by atoms with Crippen molar-refractivity contribution in [3.05, 3.63) is 65.9 Å². The molecule has 1 unspecified atom stereocenters. The number of hydrogen-bond acceptors (Lipinski definition) is 5. The van der Waals surface area contributed by atoms with E-state index in [2.05, 4.69) is 58.1 Å². The Labute approximate surface area is 164 Å². The van der Waals surface area contributed by atoms with Crippen molar-refractivity contribution in [3.8, 4) is 0 Å². The van der Waals surface area contributed by atoms with Gasteiger partial charge in [-0.25, -0.2) is 0 Å². The Morgan fingerprint density at radius 1 is 1.04 bits per heavy atom. The van der Waals surface area contributed by atoms with Crippen molar-refractivity contribution < 1.29 is 9.53 Å². The van der Waals surface area contributed by atoms with Crippen LogP contribution in [0.3, 0.4) is 0 Å². The minimum atomic E-state index is -0.187. The third-order valence-corrected chi connectivity index (χ3v) is 5.11. The molecule has 3 aromatic rings. The molecule has 1 fully saturated rings. The third-order valence-electron chi connectivity index (χ3n) is 5.11. The lowest BCUT2D eigenvalue weighted by atomic mass is 10.00. The van der Waals surface area contributed by atoms with E-state index in [1.807, 2.05) is 12.1 Å². The van der Waals surface area contributed by atoms with Gasteiger partial charge in [0.25, 0.3) is 5.91 Å². The van der Waals surface area contributed by atoms with E-state index in [1.165, 1.54) is 16.3 Å². The molecule has 2 N–H and O–H groups in total. The van der Waals surface area contributed by atoms with Gasteiger partial charge in [-0.3, -0.25) is 4.79 Å². The zero-order chi connectivity index (χ0) is 19.3. The Balaban J connectivity index is 1.43. The first kappa shape index (κ1) is 18.4. The van der Waals surface area contributed by atoms with E-state index in [0.717, 1.165) is 12.8 Å². The van der Waals surface area contributed by atoms with Gasteiger partial charge in [-0.2, -0.15) is 0 Å². The van der Waals surface area contributed by atoms with Crippen LogP contribution >= 0.6 is 0 Å². The highest BCUT2D eigenvalue weighted by Crippen LogP contribution is 2.26. The van der Waals surface area contributed by atoms with Gasteiger partial charge in [0.1, 0.15) is 5.82 Å². The number of nitrogens with zero attached hydrogens (tertiary/aromatic N) is 2. The fourth-order valence-corrected chi connectivity index (χ4v) is 3.56. The highest BCUT2D eigenvalue weighted by atomic mass is 16.5. The highest BCUT2D eigenvalue weighted by Gasteiger charge is 2.18. The lowest BCUT2D eigenvalue weighted by molar-refractivity contribution is 0.0693. The van der Waals surface area contributed by atoms with Gasteiger partial charge in [-0.05, 0) is 48.2 Å². The number of rotatable bonds is 5. The second-order valence-electron chi connectivity index (χ2n) is 7.10. The van der Waals surface area contributed by atoms with Crippen LogP contribution in [-0.2, 0) is 4.74 Å². The summed E-state index contributed by atoms with van der Waals surface area (Å²) in [5.74, 6) is 0.455. The van der Waals surface area contributed by atoms with E-state index in [0.29, 0.717) is 24.7 Å². The summed E-state index contributed by atoms with van der Waals surface area (Å²) in [5.41, 5.74) is 1.52. The summed E-state index contributed by atoms with van der Waals surface area (Å²) >= 11 is 0. The maximum atomic E-state index is 12.3. The number of aromatic nitrogens is 2. The quantitative estimate of drug-likeness (QED) is 0.710. The molecule has 1 amide bonds. The molecule has 28 heavy (non-hydrogen) atoms. The van der Waals surface area contributed by atoms with Crippen LogP contribution < -0.4 is 10.6 Å². The topological polar surface area (TPSA) is 76.1 Å². The van der Waals surface area contributed by atoms with Crippen LogP contribution in [0.2, 0.25) is 0 Å². The number of ether oxygens (including phenoxy) is 1. The first-order valence-electron chi connectivity index (χ1n) is 9.67. The summed E-state index contributed by atoms with van der Waals surface area (Å²) in [7, 11) is 0. The molecule has 4 rings (SSSR count). The Kier molecular flexibility index (Phi) is 5.48. The van der Waals surface area contributed by atoms with Crippen molar-refractivity contribution in [2.24, 2.45) is 0 Å². The van der Waals surface area contributed by atoms with Crippen LogP contribution in [0.25, 0.3) is 10.8 Å². The van der Waals surface area contributed by atoms with E-state index in [1.54, 1.807) is 12.1 Å². The average Bonchev–Trinajstić information content (AvgIpc) is 2.74.